The summed E-state index contributed by atoms with van der Waals surface area (Å²) < 4.78 is 5.18. The van der Waals surface area contributed by atoms with Crippen molar-refractivity contribution in [3.63, 3.8) is 0 Å². The lowest BCUT2D eigenvalue weighted by Crippen LogP contribution is -2.04. The molecule has 0 N–H and O–H groups in total. The van der Waals surface area contributed by atoms with Gasteiger partial charge in [0, 0.05) is 0 Å². The molecule has 0 saturated heterocycles. The SMILES string of the molecule is [CH2]c1ccsc1C(=O)OCc1ccccc1. The molecule has 0 atom stereocenters. The summed E-state index contributed by atoms with van der Waals surface area (Å²) in [6.45, 7) is 4.07. The van der Waals surface area contributed by atoms with Crippen LogP contribution in [0.2, 0.25) is 0 Å². The first-order chi connectivity index (χ1) is 7.77. The average Bonchev–Trinajstić information content (AvgIpc) is 2.74. The van der Waals surface area contributed by atoms with Crippen LogP contribution in [0.25, 0.3) is 0 Å². The molecule has 2 aromatic rings. The van der Waals surface area contributed by atoms with Crippen LogP contribution >= 0.6 is 11.3 Å². The van der Waals surface area contributed by atoms with Gasteiger partial charge in [-0.15, -0.1) is 11.3 Å². The third-order valence-electron chi connectivity index (χ3n) is 2.14. The minimum atomic E-state index is -0.302. The second-order valence-corrected chi connectivity index (χ2v) is 4.25. The minimum absolute atomic E-state index is 0.302. The van der Waals surface area contributed by atoms with E-state index >= 15 is 0 Å². The fourth-order valence-corrected chi connectivity index (χ4v) is 2.05. The summed E-state index contributed by atoms with van der Waals surface area (Å²) in [4.78, 5) is 12.2. The molecular formula is C13H11O2S. The van der Waals surface area contributed by atoms with E-state index in [-0.39, 0.29) is 5.97 Å². The lowest BCUT2D eigenvalue weighted by atomic mass is 10.2. The van der Waals surface area contributed by atoms with Gasteiger partial charge in [-0.25, -0.2) is 4.79 Å². The number of carbonyl (C=O) groups excluding carboxylic acids is 1. The van der Waals surface area contributed by atoms with E-state index in [1.54, 1.807) is 0 Å². The summed E-state index contributed by atoms with van der Waals surface area (Å²) in [6.07, 6.45) is 0. The van der Waals surface area contributed by atoms with Gasteiger partial charge in [0.1, 0.15) is 11.5 Å². The molecule has 3 heteroatoms. The van der Waals surface area contributed by atoms with Gasteiger partial charge in [-0.05, 0) is 29.5 Å². The monoisotopic (exact) mass is 231 g/mol. The largest absolute Gasteiger partial charge is 0.457 e. The Balaban J connectivity index is 1.97. The third-order valence-corrected chi connectivity index (χ3v) is 3.08. The molecule has 0 aliphatic rings. The highest BCUT2D eigenvalue weighted by atomic mass is 32.1. The average molecular weight is 231 g/mol. The zero-order chi connectivity index (χ0) is 11.4. The Hall–Kier alpha value is -1.61. The lowest BCUT2D eigenvalue weighted by molar-refractivity contribution is 0.0478. The number of thiophene rings is 1. The molecule has 1 radical (unpaired) electrons. The maximum atomic E-state index is 11.6. The highest BCUT2D eigenvalue weighted by Gasteiger charge is 2.11. The van der Waals surface area contributed by atoms with Crippen LogP contribution in [0.4, 0.5) is 0 Å². The molecule has 0 aliphatic carbocycles. The Morgan fingerprint density at radius 1 is 1.25 bits per heavy atom. The second kappa shape index (κ2) is 4.94. The van der Waals surface area contributed by atoms with Crippen LogP contribution in [0.1, 0.15) is 20.8 Å². The van der Waals surface area contributed by atoms with E-state index in [0.717, 1.165) is 11.1 Å². The Labute approximate surface area is 98.5 Å². The van der Waals surface area contributed by atoms with Gasteiger partial charge in [0.15, 0.2) is 0 Å². The van der Waals surface area contributed by atoms with Gasteiger partial charge in [-0.1, -0.05) is 30.3 Å². The van der Waals surface area contributed by atoms with Crippen molar-refractivity contribution in [1.82, 2.24) is 0 Å². The Morgan fingerprint density at radius 3 is 2.62 bits per heavy atom. The summed E-state index contributed by atoms with van der Waals surface area (Å²) in [5.41, 5.74) is 1.71. The molecule has 2 nitrogen and oxygen atoms in total. The van der Waals surface area contributed by atoms with E-state index < -0.39 is 0 Å². The second-order valence-electron chi connectivity index (χ2n) is 3.34. The van der Waals surface area contributed by atoms with Crippen LogP contribution in [0.15, 0.2) is 41.8 Å². The minimum Gasteiger partial charge on any atom is -0.457 e. The summed E-state index contributed by atoms with van der Waals surface area (Å²) in [5.74, 6) is -0.302. The Morgan fingerprint density at radius 2 is 2.00 bits per heavy atom. The number of hydrogen-bond acceptors (Lipinski definition) is 3. The highest BCUT2D eigenvalue weighted by Crippen LogP contribution is 2.17. The van der Waals surface area contributed by atoms with E-state index in [9.17, 15) is 4.79 Å². The van der Waals surface area contributed by atoms with Crippen molar-refractivity contribution in [2.75, 3.05) is 0 Å². The topological polar surface area (TPSA) is 26.3 Å². The summed E-state index contributed by atoms with van der Waals surface area (Å²) in [6, 6.07) is 11.4. The molecule has 0 aliphatic heterocycles. The van der Waals surface area contributed by atoms with E-state index in [0.29, 0.717) is 11.5 Å². The van der Waals surface area contributed by atoms with Crippen LogP contribution < -0.4 is 0 Å². The molecule has 0 spiro atoms. The number of carbonyl (C=O) groups is 1. The fourth-order valence-electron chi connectivity index (χ4n) is 1.30. The molecule has 81 valence electrons. The first kappa shape index (κ1) is 10.9. The van der Waals surface area contributed by atoms with Crippen molar-refractivity contribution in [3.05, 3.63) is 64.7 Å². The van der Waals surface area contributed by atoms with E-state index in [4.69, 9.17) is 4.74 Å². The van der Waals surface area contributed by atoms with Gasteiger partial charge in [-0.3, -0.25) is 0 Å². The van der Waals surface area contributed by atoms with Crippen LogP contribution in [0.3, 0.4) is 0 Å². The molecule has 2 rings (SSSR count). The van der Waals surface area contributed by atoms with Gasteiger partial charge in [0.2, 0.25) is 0 Å². The number of ether oxygens (including phenoxy) is 1. The molecule has 0 saturated carbocycles. The molecule has 0 fully saturated rings. The predicted molar refractivity (Wildman–Crippen MR) is 64.3 cm³/mol. The van der Waals surface area contributed by atoms with Crippen LogP contribution in [-0.4, -0.2) is 5.97 Å². The van der Waals surface area contributed by atoms with E-state index in [2.05, 4.69) is 6.92 Å². The highest BCUT2D eigenvalue weighted by molar-refractivity contribution is 7.12. The number of hydrogen-bond donors (Lipinski definition) is 0. The standard InChI is InChI=1S/C13H11O2S/c1-10-7-8-16-12(10)13(14)15-9-11-5-3-2-4-6-11/h2-8H,1,9H2. The Bertz CT molecular complexity index is 474. The lowest BCUT2D eigenvalue weighted by Gasteiger charge is -2.03. The van der Waals surface area contributed by atoms with Crippen molar-refractivity contribution < 1.29 is 9.53 Å². The van der Waals surface area contributed by atoms with E-state index in [1.807, 2.05) is 41.8 Å². The van der Waals surface area contributed by atoms with Crippen molar-refractivity contribution in [1.29, 1.82) is 0 Å². The van der Waals surface area contributed by atoms with Gasteiger partial charge in [-0.2, -0.15) is 0 Å². The van der Waals surface area contributed by atoms with Crippen molar-refractivity contribution in [2.24, 2.45) is 0 Å². The summed E-state index contributed by atoms with van der Waals surface area (Å²) in [7, 11) is 0. The number of esters is 1. The quantitative estimate of drug-likeness (QED) is 0.758. The van der Waals surface area contributed by atoms with Crippen molar-refractivity contribution >= 4 is 17.3 Å². The fraction of sp³-hybridized carbons (Fsp3) is 0.0769. The first-order valence-corrected chi connectivity index (χ1v) is 5.76. The third kappa shape index (κ3) is 2.49. The van der Waals surface area contributed by atoms with Gasteiger partial charge < -0.3 is 4.74 Å². The van der Waals surface area contributed by atoms with E-state index in [1.165, 1.54) is 11.3 Å². The van der Waals surface area contributed by atoms with Gasteiger partial charge >= 0.3 is 5.97 Å². The molecule has 1 aromatic heterocycles. The zero-order valence-electron chi connectivity index (χ0n) is 8.68. The number of benzene rings is 1. The Kier molecular flexibility index (Phi) is 3.37. The predicted octanol–water partition coefficient (Wildman–Crippen LogP) is 3.29. The van der Waals surface area contributed by atoms with Gasteiger partial charge in [0.25, 0.3) is 0 Å². The summed E-state index contributed by atoms with van der Waals surface area (Å²) in [5, 5.41) is 1.83. The molecule has 1 aromatic carbocycles. The summed E-state index contributed by atoms with van der Waals surface area (Å²) >= 11 is 1.36. The molecule has 0 amide bonds. The number of rotatable bonds is 3. The molecule has 16 heavy (non-hydrogen) atoms. The molecule has 1 heterocycles. The van der Waals surface area contributed by atoms with Crippen LogP contribution in [0, 0.1) is 6.92 Å². The maximum Gasteiger partial charge on any atom is 0.348 e. The first-order valence-electron chi connectivity index (χ1n) is 4.88. The molecule has 0 unspecified atom stereocenters. The van der Waals surface area contributed by atoms with Crippen molar-refractivity contribution in [3.8, 4) is 0 Å². The maximum absolute atomic E-state index is 11.6. The normalized spacial score (nSPS) is 10.1. The van der Waals surface area contributed by atoms with Crippen LogP contribution in [-0.2, 0) is 11.3 Å². The van der Waals surface area contributed by atoms with Gasteiger partial charge in [0.05, 0.1) is 0 Å². The van der Waals surface area contributed by atoms with Crippen molar-refractivity contribution in [2.45, 2.75) is 6.61 Å². The zero-order valence-corrected chi connectivity index (χ0v) is 9.50. The van der Waals surface area contributed by atoms with Crippen LogP contribution in [0.5, 0.6) is 0 Å². The molecular weight excluding hydrogens is 220 g/mol. The smallest absolute Gasteiger partial charge is 0.348 e. The molecule has 0 bridgehead atoms.